The predicted octanol–water partition coefficient (Wildman–Crippen LogP) is 2.25. The van der Waals surface area contributed by atoms with Crippen molar-refractivity contribution in [3.63, 3.8) is 0 Å². The van der Waals surface area contributed by atoms with E-state index < -0.39 is 5.97 Å². The van der Waals surface area contributed by atoms with Gasteiger partial charge in [-0.3, -0.25) is 0 Å². The molecule has 2 aromatic rings. The number of rotatable bonds is 3. The zero-order valence-corrected chi connectivity index (χ0v) is 11.4. The summed E-state index contributed by atoms with van der Waals surface area (Å²) in [6, 6.07) is 4.73. The number of nitrogens with zero attached hydrogens (tertiary/aromatic N) is 4. The maximum Gasteiger partial charge on any atom is 0.335 e. The number of carbonyl (C=O) groups is 1. The lowest BCUT2D eigenvalue weighted by Gasteiger charge is -2.09. The molecule has 0 unspecified atom stereocenters. The van der Waals surface area contributed by atoms with Crippen LogP contribution in [0.4, 0.5) is 0 Å². The first-order valence-corrected chi connectivity index (χ1v) is 6.11. The molecule has 0 bridgehead atoms. The number of hydrogen-bond donors (Lipinski definition) is 1. The Kier molecular flexibility index (Phi) is 3.42. The molecule has 0 atom stereocenters. The standard InChI is InChI=1S/C11H11BrN4O2/c1-6(2)10-13-14-15-16(10)9-5-7(11(17)18)3-4-8(9)12/h3-6H,1-2H3,(H,17,18). The number of aromatic nitrogens is 4. The number of tetrazole rings is 1. The van der Waals surface area contributed by atoms with Crippen molar-refractivity contribution in [2.75, 3.05) is 0 Å². The molecular formula is C11H11BrN4O2. The number of carboxylic acid groups (broad SMARTS) is 1. The van der Waals surface area contributed by atoms with Gasteiger partial charge in [-0.2, -0.15) is 4.68 Å². The summed E-state index contributed by atoms with van der Waals surface area (Å²) in [5.74, 6) is -0.165. The molecule has 0 spiro atoms. The molecule has 0 aliphatic rings. The average Bonchev–Trinajstić information content (AvgIpc) is 2.78. The van der Waals surface area contributed by atoms with Crippen molar-refractivity contribution in [1.82, 2.24) is 20.2 Å². The van der Waals surface area contributed by atoms with E-state index in [1.165, 1.54) is 12.1 Å². The number of carboxylic acids is 1. The van der Waals surface area contributed by atoms with Crippen molar-refractivity contribution in [3.05, 3.63) is 34.1 Å². The molecule has 0 amide bonds. The van der Waals surface area contributed by atoms with Crippen molar-refractivity contribution < 1.29 is 9.90 Å². The molecule has 0 aliphatic heterocycles. The van der Waals surface area contributed by atoms with Gasteiger partial charge in [0.2, 0.25) is 0 Å². The van der Waals surface area contributed by atoms with E-state index in [0.29, 0.717) is 11.5 Å². The van der Waals surface area contributed by atoms with Crippen molar-refractivity contribution in [1.29, 1.82) is 0 Å². The van der Waals surface area contributed by atoms with Crippen LogP contribution in [0, 0.1) is 0 Å². The lowest BCUT2D eigenvalue weighted by Crippen LogP contribution is -2.07. The molecule has 1 N–H and O–H groups in total. The highest BCUT2D eigenvalue weighted by molar-refractivity contribution is 9.10. The van der Waals surface area contributed by atoms with E-state index in [-0.39, 0.29) is 11.5 Å². The van der Waals surface area contributed by atoms with Gasteiger partial charge in [0, 0.05) is 10.4 Å². The molecule has 1 heterocycles. The summed E-state index contributed by atoms with van der Waals surface area (Å²) >= 11 is 3.37. The maximum absolute atomic E-state index is 11.0. The summed E-state index contributed by atoms with van der Waals surface area (Å²) in [5, 5.41) is 20.5. The minimum absolute atomic E-state index is 0.139. The van der Waals surface area contributed by atoms with Gasteiger partial charge in [-0.05, 0) is 44.6 Å². The van der Waals surface area contributed by atoms with Gasteiger partial charge in [-0.25, -0.2) is 4.79 Å². The topological polar surface area (TPSA) is 80.9 Å². The first-order chi connectivity index (χ1) is 8.50. The second kappa shape index (κ2) is 4.85. The van der Waals surface area contributed by atoms with Crippen molar-refractivity contribution >= 4 is 21.9 Å². The first kappa shape index (κ1) is 12.7. The van der Waals surface area contributed by atoms with Crippen LogP contribution in [0.3, 0.4) is 0 Å². The molecule has 0 saturated heterocycles. The summed E-state index contributed by atoms with van der Waals surface area (Å²) in [7, 11) is 0. The maximum atomic E-state index is 11.0. The highest BCUT2D eigenvalue weighted by atomic mass is 79.9. The van der Waals surface area contributed by atoms with Gasteiger partial charge >= 0.3 is 5.97 Å². The van der Waals surface area contributed by atoms with Crippen LogP contribution in [-0.2, 0) is 0 Å². The van der Waals surface area contributed by atoms with E-state index in [1.54, 1.807) is 10.7 Å². The predicted molar refractivity (Wildman–Crippen MR) is 67.9 cm³/mol. The molecule has 0 radical (unpaired) electrons. The van der Waals surface area contributed by atoms with Crippen molar-refractivity contribution in [3.8, 4) is 5.69 Å². The molecule has 0 aliphatic carbocycles. The van der Waals surface area contributed by atoms with Crippen LogP contribution in [0.1, 0.15) is 35.9 Å². The fraction of sp³-hybridized carbons (Fsp3) is 0.273. The molecular weight excluding hydrogens is 300 g/mol. The van der Waals surface area contributed by atoms with E-state index >= 15 is 0 Å². The lowest BCUT2D eigenvalue weighted by atomic mass is 10.2. The Morgan fingerprint density at radius 1 is 1.44 bits per heavy atom. The second-order valence-electron chi connectivity index (χ2n) is 4.07. The van der Waals surface area contributed by atoms with E-state index in [0.717, 1.165) is 4.47 Å². The third-order valence-electron chi connectivity index (χ3n) is 2.43. The van der Waals surface area contributed by atoms with E-state index in [2.05, 4.69) is 31.5 Å². The highest BCUT2D eigenvalue weighted by Crippen LogP contribution is 2.24. The number of hydrogen-bond acceptors (Lipinski definition) is 4. The van der Waals surface area contributed by atoms with Crippen LogP contribution in [0.25, 0.3) is 5.69 Å². The quantitative estimate of drug-likeness (QED) is 0.940. The van der Waals surface area contributed by atoms with E-state index in [1.807, 2.05) is 13.8 Å². The Bertz CT molecular complexity index is 594. The van der Waals surface area contributed by atoms with Gasteiger partial charge in [0.1, 0.15) is 0 Å². The molecule has 1 aromatic carbocycles. The molecule has 6 nitrogen and oxygen atoms in total. The Morgan fingerprint density at radius 3 is 2.78 bits per heavy atom. The summed E-state index contributed by atoms with van der Waals surface area (Å²) in [6.45, 7) is 3.94. The minimum Gasteiger partial charge on any atom is -0.478 e. The van der Waals surface area contributed by atoms with Crippen LogP contribution in [0.15, 0.2) is 22.7 Å². The van der Waals surface area contributed by atoms with Crippen molar-refractivity contribution in [2.24, 2.45) is 0 Å². The fourth-order valence-electron chi connectivity index (χ4n) is 1.53. The zero-order chi connectivity index (χ0) is 13.3. The normalized spacial score (nSPS) is 10.9. The number of halogens is 1. The molecule has 0 fully saturated rings. The molecule has 2 rings (SSSR count). The van der Waals surface area contributed by atoms with Gasteiger partial charge in [0.25, 0.3) is 0 Å². The largest absolute Gasteiger partial charge is 0.478 e. The van der Waals surface area contributed by atoms with Crippen LogP contribution >= 0.6 is 15.9 Å². The third kappa shape index (κ3) is 2.26. The van der Waals surface area contributed by atoms with E-state index in [9.17, 15) is 4.79 Å². The van der Waals surface area contributed by atoms with Crippen LogP contribution < -0.4 is 0 Å². The Hall–Kier alpha value is -1.76. The highest BCUT2D eigenvalue weighted by Gasteiger charge is 2.15. The Morgan fingerprint density at radius 2 is 2.17 bits per heavy atom. The first-order valence-electron chi connectivity index (χ1n) is 5.32. The summed E-state index contributed by atoms with van der Waals surface area (Å²) in [4.78, 5) is 11.0. The lowest BCUT2D eigenvalue weighted by molar-refractivity contribution is 0.0697. The summed E-state index contributed by atoms with van der Waals surface area (Å²) < 4.78 is 2.28. The van der Waals surface area contributed by atoms with Crippen LogP contribution in [-0.4, -0.2) is 31.3 Å². The molecule has 18 heavy (non-hydrogen) atoms. The van der Waals surface area contributed by atoms with Crippen molar-refractivity contribution in [2.45, 2.75) is 19.8 Å². The SMILES string of the molecule is CC(C)c1nnnn1-c1cc(C(=O)O)ccc1Br. The fourth-order valence-corrected chi connectivity index (χ4v) is 1.95. The Labute approximate surface area is 112 Å². The smallest absolute Gasteiger partial charge is 0.335 e. The molecule has 1 aromatic heterocycles. The molecule has 94 valence electrons. The van der Waals surface area contributed by atoms with Gasteiger partial charge in [-0.1, -0.05) is 13.8 Å². The summed E-state index contributed by atoms with van der Waals surface area (Å²) in [6.07, 6.45) is 0. The van der Waals surface area contributed by atoms with Crippen LogP contribution in [0.2, 0.25) is 0 Å². The Balaban J connectivity index is 2.59. The monoisotopic (exact) mass is 310 g/mol. The van der Waals surface area contributed by atoms with Gasteiger partial charge in [-0.15, -0.1) is 5.10 Å². The van der Waals surface area contributed by atoms with Gasteiger partial charge < -0.3 is 5.11 Å². The van der Waals surface area contributed by atoms with Crippen LogP contribution in [0.5, 0.6) is 0 Å². The third-order valence-corrected chi connectivity index (χ3v) is 3.10. The number of benzene rings is 1. The molecule has 7 heteroatoms. The van der Waals surface area contributed by atoms with Gasteiger partial charge in [0.05, 0.1) is 11.3 Å². The van der Waals surface area contributed by atoms with Gasteiger partial charge in [0.15, 0.2) is 5.82 Å². The van der Waals surface area contributed by atoms with E-state index in [4.69, 9.17) is 5.11 Å². The molecule has 0 saturated carbocycles. The number of aromatic carboxylic acids is 1. The average molecular weight is 311 g/mol. The minimum atomic E-state index is -0.983. The second-order valence-corrected chi connectivity index (χ2v) is 4.93. The summed E-state index contributed by atoms with van der Waals surface area (Å²) in [5.41, 5.74) is 0.807. The zero-order valence-electron chi connectivity index (χ0n) is 9.83.